The highest BCUT2D eigenvalue weighted by Crippen LogP contribution is 2.29. The quantitative estimate of drug-likeness (QED) is 0.773. The molecule has 1 aromatic carbocycles. The second-order valence-corrected chi connectivity index (χ2v) is 8.53. The van der Waals surface area contributed by atoms with E-state index >= 15 is 0 Å². The highest BCUT2D eigenvalue weighted by atomic mass is 16.2. The largest absolute Gasteiger partial charge is 0.354 e. The van der Waals surface area contributed by atoms with Crippen LogP contribution in [0.1, 0.15) is 50.5 Å². The van der Waals surface area contributed by atoms with E-state index in [0.29, 0.717) is 18.9 Å². The Labute approximate surface area is 183 Å². The number of carbonyl (C=O) groups is 2. The predicted octanol–water partition coefficient (Wildman–Crippen LogP) is 3.45. The van der Waals surface area contributed by atoms with Gasteiger partial charge in [-0.15, -0.1) is 5.10 Å². The van der Waals surface area contributed by atoms with E-state index in [4.69, 9.17) is 0 Å². The van der Waals surface area contributed by atoms with Crippen molar-refractivity contribution in [2.75, 3.05) is 36.4 Å². The minimum absolute atomic E-state index is 0.0494. The van der Waals surface area contributed by atoms with Crippen molar-refractivity contribution in [2.24, 2.45) is 5.92 Å². The monoisotopic (exact) mass is 421 g/mol. The molecular weight excluding hydrogens is 390 g/mol. The number of nitrogens with zero attached hydrogens (tertiary/aromatic N) is 4. The van der Waals surface area contributed by atoms with Gasteiger partial charge in [-0.05, 0) is 61.4 Å². The first-order valence-electron chi connectivity index (χ1n) is 11.3. The molecule has 2 aromatic rings. The Morgan fingerprint density at radius 3 is 2.52 bits per heavy atom. The van der Waals surface area contributed by atoms with Crippen molar-refractivity contribution in [1.82, 2.24) is 15.1 Å². The smallest absolute Gasteiger partial charge is 0.229 e. The summed E-state index contributed by atoms with van der Waals surface area (Å²) in [6.07, 6.45) is 6.03. The van der Waals surface area contributed by atoms with Gasteiger partial charge in [0.25, 0.3) is 0 Å². The van der Waals surface area contributed by atoms with Gasteiger partial charge >= 0.3 is 0 Å². The molecule has 164 valence electrons. The minimum atomic E-state index is -0.0494. The highest BCUT2D eigenvalue weighted by molar-refractivity contribution is 5.93. The summed E-state index contributed by atoms with van der Waals surface area (Å²) in [5, 5.41) is 11.1. The second kappa shape index (κ2) is 9.90. The number of benzene rings is 1. The fourth-order valence-corrected chi connectivity index (χ4v) is 4.56. The zero-order valence-corrected chi connectivity index (χ0v) is 18.2. The van der Waals surface area contributed by atoms with Gasteiger partial charge in [0.05, 0.1) is 5.92 Å². The lowest BCUT2D eigenvalue weighted by Crippen LogP contribution is -2.37. The van der Waals surface area contributed by atoms with E-state index in [9.17, 15) is 9.59 Å². The number of anilines is 2. The van der Waals surface area contributed by atoms with E-state index in [-0.39, 0.29) is 17.7 Å². The topological polar surface area (TPSA) is 78.4 Å². The second-order valence-electron chi connectivity index (χ2n) is 8.53. The van der Waals surface area contributed by atoms with Crippen molar-refractivity contribution < 1.29 is 9.59 Å². The molecule has 0 radical (unpaired) electrons. The van der Waals surface area contributed by atoms with E-state index < -0.39 is 0 Å². The van der Waals surface area contributed by atoms with E-state index in [1.165, 1.54) is 5.56 Å². The summed E-state index contributed by atoms with van der Waals surface area (Å²) in [5.74, 6) is 1.59. The number of rotatable bonds is 6. The Hall–Kier alpha value is -2.96. The fourth-order valence-electron chi connectivity index (χ4n) is 4.56. The summed E-state index contributed by atoms with van der Waals surface area (Å²) >= 11 is 0. The maximum absolute atomic E-state index is 12.7. The van der Waals surface area contributed by atoms with Crippen LogP contribution in [0.2, 0.25) is 0 Å². The molecule has 1 N–H and O–H groups in total. The molecule has 3 heterocycles. The number of aromatic nitrogens is 2. The molecule has 4 rings (SSSR count). The molecule has 0 saturated carbocycles. The van der Waals surface area contributed by atoms with Gasteiger partial charge in [0, 0.05) is 44.5 Å². The van der Waals surface area contributed by atoms with Crippen LogP contribution in [0.25, 0.3) is 0 Å². The summed E-state index contributed by atoms with van der Waals surface area (Å²) in [4.78, 5) is 28.9. The number of carbonyl (C=O) groups excluding carboxylic acids is 2. The third kappa shape index (κ3) is 5.21. The summed E-state index contributed by atoms with van der Waals surface area (Å²) in [6.45, 7) is 5.21. The van der Waals surface area contributed by atoms with Crippen LogP contribution in [0.4, 0.5) is 11.5 Å². The summed E-state index contributed by atoms with van der Waals surface area (Å²) in [6, 6.07) is 12.0. The average molecular weight is 422 g/mol. The molecule has 1 atom stereocenters. The molecule has 2 aliphatic heterocycles. The van der Waals surface area contributed by atoms with Gasteiger partial charge in [0.2, 0.25) is 11.8 Å². The number of nitrogens with one attached hydrogen (secondary N) is 1. The molecule has 0 spiro atoms. The van der Waals surface area contributed by atoms with Crippen LogP contribution in [0.15, 0.2) is 42.6 Å². The standard InChI is InChI=1S/C24H31N5O2/c1-2-4-23(30)28-14-10-19(11-15-28)18-6-8-21(9-7-18)26-24(31)20-12-16-29(17-20)22-5-3-13-25-27-22/h3,5-9,13,19-20H,2,4,10-12,14-17H2,1H3,(H,26,31)/t20-/m0/s1. The van der Waals surface area contributed by atoms with E-state index in [1.807, 2.05) is 36.1 Å². The first kappa shape index (κ1) is 21.3. The molecule has 7 heteroatoms. The molecule has 2 fully saturated rings. The lowest BCUT2D eigenvalue weighted by molar-refractivity contribution is -0.132. The highest BCUT2D eigenvalue weighted by Gasteiger charge is 2.29. The summed E-state index contributed by atoms with van der Waals surface area (Å²) in [5.41, 5.74) is 2.12. The zero-order chi connectivity index (χ0) is 21.6. The Bertz CT molecular complexity index is 879. The van der Waals surface area contributed by atoms with Crippen LogP contribution in [0.3, 0.4) is 0 Å². The molecule has 0 bridgehead atoms. The van der Waals surface area contributed by atoms with Crippen molar-refractivity contribution >= 4 is 23.3 Å². The van der Waals surface area contributed by atoms with Gasteiger partial charge in [-0.2, -0.15) is 5.10 Å². The first-order valence-corrected chi connectivity index (χ1v) is 11.3. The Balaban J connectivity index is 1.27. The van der Waals surface area contributed by atoms with E-state index in [1.54, 1.807) is 6.20 Å². The van der Waals surface area contributed by atoms with E-state index in [2.05, 4.69) is 32.5 Å². The van der Waals surface area contributed by atoms with Crippen molar-refractivity contribution in [3.8, 4) is 0 Å². The Morgan fingerprint density at radius 2 is 1.84 bits per heavy atom. The third-order valence-electron chi connectivity index (χ3n) is 6.40. The van der Waals surface area contributed by atoms with Crippen LogP contribution in [0.5, 0.6) is 0 Å². The molecule has 1 aromatic heterocycles. The molecule has 7 nitrogen and oxygen atoms in total. The number of likely N-dealkylation sites (tertiary alicyclic amines) is 1. The molecule has 0 unspecified atom stereocenters. The van der Waals surface area contributed by atoms with Gasteiger partial charge in [-0.1, -0.05) is 19.1 Å². The van der Waals surface area contributed by atoms with Crippen LogP contribution >= 0.6 is 0 Å². The Morgan fingerprint density at radius 1 is 1.06 bits per heavy atom. The van der Waals surface area contributed by atoms with Gasteiger partial charge in [0.1, 0.15) is 0 Å². The lowest BCUT2D eigenvalue weighted by atomic mass is 9.89. The van der Waals surface area contributed by atoms with Gasteiger partial charge in [0.15, 0.2) is 5.82 Å². The minimum Gasteiger partial charge on any atom is -0.354 e. The Kier molecular flexibility index (Phi) is 6.79. The number of amides is 2. The van der Waals surface area contributed by atoms with Crippen LogP contribution in [0, 0.1) is 5.92 Å². The van der Waals surface area contributed by atoms with Crippen LogP contribution in [-0.2, 0) is 9.59 Å². The molecule has 2 amide bonds. The number of hydrogen-bond donors (Lipinski definition) is 1. The predicted molar refractivity (Wildman–Crippen MR) is 121 cm³/mol. The van der Waals surface area contributed by atoms with Gasteiger partial charge < -0.3 is 15.1 Å². The summed E-state index contributed by atoms with van der Waals surface area (Å²) < 4.78 is 0. The lowest BCUT2D eigenvalue weighted by Gasteiger charge is -2.32. The summed E-state index contributed by atoms with van der Waals surface area (Å²) in [7, 11) is 0. The molecule has 2 saturated heterocycles. The van der Waals surface area contributed by atoms with Crippen molar-refractivity contribution in [1.29, 1.82) is 0 Å². The molecular formula is C24H31N5O2. The fraction of sp³-hybridized carbons (Fsp3) is 0.500. The van der Waals surface area contributed by atoms with Gasteiger partial charge in [-0.25, -0.2) is 0 Å². The van der Waals surface area contributed by atoms with Crippen molar-refractivity contribution in [3.05, 3.63) is 48.2 Å². The number of piperidine rings is 1. The zero-order valence-electron chi connectivity index (χ0n) is 18.2. The first-order chi connectivity index (χ1) is 15.1. The maximum Gasteiger partial charge on any atom is 0.229 e. The molecule has 2 aliphatic rings. The third-order valence-corrected chi connectivity index (χ3v) is 6.40. The normalized spacial score (nSPS) is 19.5. The SMILES string of the molecule is CCCC(=O)N1CCC(c2ccc(NC(=O)[C@H]3CCN(c4cccnn4)C3)cc2)CC1. The number of hydrogen-bond acceptors (Lipinski definition) is 5. The van der Waals surface area contributed by atoms with Crippen molar-refractivity contribution in [2.45, 2.75) is 44.9 Å². The van der Waals surface area contributed by atoms with Gasteiger partial charge in [-0.3, -0.25) is 9.59 Å². The van der Waals surface area contributed by atoms with E-state index in [0.717, 1.165) is 56.8 Å². The maximum atomic E-state index is 12.7. The molecule has 0 aliphatic carbocycles. The van der Waals surface area contributed by atoms with Crippen LogP contribution in [-0.4, -0.2) is 53.1 Å². The van der Waals surface area contributed by atoms with Crippen LogP contribution < -0.4 is 10.2 Å². The molecule has 31 heavy (non-hydrogen) atoms. The van der Waals surface area contributed by atoms with Crippen molar-refractivity contribution in [3.63, 3.8) is 0 Å². The average Bonchev–Trinajstić information content (AvgIpc) is 3.31.